The summed E-state index contributed by atoms with van der Waals surface area (Å²) in [6, 6.07) is 0. The molecule has 2 rings (SSSR count). The average Bonchev–Trinajstić information content (AvgIpc) is 2.88. The molecule has 1 atom stereocenters. The van der Waals surface area contributed by atoms with Gasteiger partial charge in [-0.3, -0.25) is 0 Å². The zero-order valence-corrected chi connectivity index (χ0v) is 11.8. The summed E-state index contributed by atoms with van der Waals surface area (Å²) in [6.45, 7) is 8.27. The number of aliphatic hydroxyl groups excluding tert-OH is 1. The van der Waals surface area contributed by atoms with Crippen LogP contribution in [0.5, 0.6) is 0 Å². The summed E-state index contributed by atoms with van der Waals surface area (Å²) < 4.78 is 0. The van der Waals surface area contributed by atoms with E-state index in [1.807, 2.05) is 12.4 Å². The van der Waals surface area contributed by atoms with Crippen LogP contribution in [0, 0.1) is 11.8 Å². The van der Waals surface area contributed by atoms with Crippen LogP contribution in [0.2, 0.25) is 0 Å². The van der Waals surface area contributed by atoms with Gasteiger partial charge in [0.25, 0.3) is 0 Å². The topological polar surface area (TPSA) is 61.3 Å². The fourth-order valence-corrected chi connectivity index (χ4v) is 2.27. The van der Waals surface area contributed by atoms with Gasteiger partial charge in [-0.1, -0.05) is 13.8 Å². The Morgan fingerprint density at radius 3 is 2.74 bits per heavy atom. The molecule has 0 bridgehead atoms. The van der Waals surface area contributed by atoms with Crippen LogP contribution in [0.15, 0.2) is 12.4 Å². The third-order valence-corrected chi connectivity index (χ3v) is 3.40. The molecule has 106 valence electrons. The van der Waals surface area contributed by atoms with Gasteiger partial charge >= 0.3 is 0 Å². The highest BCUT2D eigenvalue weighted by Gasteiger charge is 2.23. The van der Waals surface area contributed by atoms with Crippen LogP contribution < -0.4 is 10.2 Å². The Kier molecular flexibility index (Phi) is 5.10. The second-order valence-electron chi connectivity index (χ2n) is 5.70. The molecular weight excluding hydrogens is 240 g/mol. The maximum Gasteiger partial charge on any atom is 0.225 e. The number of nitrogens with one attached hydrogen (secondary N) is 1. The van der Waals surface area contributed by atoms with Gasteiger partial charge in [0.15, 0.2) is 0 Å². The van der Waals surface area contributed by atoms with Crippen LogP contribution in [0.25, 0.3) is 0 Å². The first-order valence-corrected chi connectivity index (χ1v) is 7.06. The Balaban J connectivity index is 1.84. The molecule has 0 spiro atoms. The molecule has 5 heteroatoms. The van der Waals surface area contributed by atoms with Crippen molar-refractivity contribution in [2.45, 2.75) is 26.8 Å². The van der Waals surface area contributed by atoms with E-state index >= 15 is 0 Å². The van der Waals surface area contributed by atoms with Crippen molar-refractivity contribution >= 4 is 5.95 Å². The van der Waals surface area contributed by atoms with Crippen molar-refractivity contribution in [2.75, 3.05) is 31.1 Å². The van der Waals surface area contributed by atoms with Crippen LogP contribution in [-0.4, -0.2) is 41.3 Å². The Bertz CT molecular complexity index is 380. The molecule has 19 heavy (non-hydrogen) atoms. The molecule has 0 saturated carbocycles. The highest BCUT2D eigenvalue weighted by Crippen LogP contribution is 2.19. The molecule has 1 unspecified atom stereocenters. The number of anilines is 1. The zero-order chi connectivity index (χ0) is 13.7. The number of aromatic nitrogens is 2. The van der Waals surface area contributed by atoms with Gasteiger partial charge in [-0.15, -0.1) is 0 Å². The first kappa shape index (κ1) is 14.2. The van der Waals surface area contributed by atoms with E-state index < -0.39 is 0 Å². The minimum atomic E-state index is 0.258. The molecule has 0 amide bonds. The van der Waals surface area contributed by atoms with Gasteiger partial charge in [-0.2, -0.15) is 0 Å². The minimum Gasteiger partial charge on any atom is -0.396 e. The van der Waals surface area contributed by atoms with E-state index in [4.69, 9.17) is 5.11 Å². The molecule has 0 aromatic carbocycles. The number of rotatable bonds is 6. The molecule has 1 fully saturated rings. The zero-order valence-electron chi connectivity index (χ0n) is 11.8. The summed E-state index contributed by atoms with van der Waals surface area (Å²) in [5.74, 6) is 1.81. The Hall–Kier alpha value is -1.20. The Morgan fingerprint density at radius 1 is 1.42 bits per heavy atom. The average molecular weight is 264 g/mol. The fourth-order valence-electron chi connectivity index (χ4n) is 2.27. The van der Waals surface area contributed by atoms with Gasteiger partial charge in [-0.05, 0) is 18.9 Å². The first-order chi connectivity index (χ1) is 9.19. The standard InChI is InChI=1S/C14H24N4O/c1-11(2)5-15-6-13-7-16-14(17-8-13)18-4-3-12(9-18)10-19/h7-8,11-12,15,19H,3-6,9-10H2,1-2H3. The first-order valence-electron chi connectivity index (χ1n) is 7.06. The highest BCUT2D eigenvalue weighted by atomic mass is 16.3. The maximum absolute atomic E-state index is 9.14. The number of hydrogen-bond acceptors (Lipinski definition) is 5. The fraction of sp³-hybridized carbons (Fsp3) is 0.714. The third-order valence-electron chi connectivity index (χ3n) is 3.40. The third kappa shape index (κ3) is 4.14. The summed E-state index contributed by atoms with van der Waals surface area (Å²) >= 11 is 0. The highest BCUT2D eigenvalue weighted by molar-refractivity contribution is 5.31. The van der Waals surface area contributed by atoms with Gasteiger partial charge in [0.2, 0.25) is 5.95 Å². The van der Waals surface area contributed by atoms with Crippen molar-refractivity contribution in [2.24, 2.45) is 11.8 Å². The Morgan fingerprint density at radius 2 is 2.16 bits per heavy atom. The van der Waals surface area contributed by atoms with Crippen molar-refractivity contribution < 1.29 is 5.11 Å². The molecule has 1 aromatic rings. The van der Waals surface area contributed by atoms with E-state index in [1.54, 1.807) is 0 Å². The Labute approximate surface area is 115 Å². The van der Waals surface area contributed by atoms with E-state index in [1.165, 1.54) is 0 Å². The molecule has 2 heterocycles. The molecular formula is C14H24N4O. The van der Waals surface area contributed by atoms with Crippen LogP contribution in [-0.2, 0) is 6.54 Å². The molecule has 1 aliphatic rings. The molecule has 1 aromatic heterocycles. The molecule has 0 radical (unpaired) electrons. The van der Waals surface area contributed by atoms with Crippen molar-refractivity contribution in [1.29, 1.82) is 0 Å². The normalized spacial score (nSPS) is 19.4. The second-order valence-corrected chi connectivity index (χ2v) is 5.70. The lowest BCUT2D eigenvalue weighted by Gasteiger charge is -2.16. The van der Waals surface area contributed by atoms with Gasteiger partial charge < -0.3 is 15.3 Å². The van der Waals surface area contributed by atoms with Crippen LogP contribution in [0.4, 0.5) is 5.95 Å². The number of aliphatic hydroxyl groups is 1. The maximum atomic E-state index is 9.14. The van der Waals surface area contributed by atoms with Crippen molar-refractivity contribution in [3.8, 4) is 0 Å². The van der Waals surface area contributed by atoms with Crippen molar-refractivity contribution in [3.63, 3.8) is 0 Å². The summed E-state index contributed by atoms with van der Waals surface area (Å²) in [4.78, 5) is 11.0. The summed E-state index contributed by atoms with van der Waals surface area (Å²) in [6.07, 6.45) is 4.81. The molecule has 0 aliphatic carbocycles. The molecule has 5 nitrogen and oxygen atoms in total. The molecule has 1 saturated heterocycles. The van der Waals surface area contributed by atoms with Crippen LogP contribution in [0.1, 0.15) is 25.8 Å². The smallest absolute Gasteiger partial charge is 0.225 e. The summed E-state index contributed by atoms with van der Waals surface area (Å²) in [5, 5.41) is 12.5. The van der Waals surface area contributed by atoms with Gasteiger partial charge in [0.05, 0.1) is 0 Å². The predicted molar refractivity (Wildman–Crippen MR) is 76.0 cm³/mol. The number of nitrogens with zero attached hydrogens (tertiary/aromatic N) is 3. The predicted octanol–water partition coefficient (Wildman–Crippen LogP) is 1.04. The van der Waals surface area contributed by atoms with Crippen molar-refractivity contribution in [1.82, 2.24) is 15.3 Å². The van der Waals surface area contributed by atoms with Crippen LogP contribution in [0.3, 0.4) is 0 Å². The largest absolute Gasteiger partial charge is 0.396 e. The lowest BCUT2D eigenvalue weighted by molar-refractivity contribution is 0.238. The van der Waals surface area contributed by atoms with E-state index in [-0.39, 0.29) is 6.61 Å². The lowest BCUT2D eigenvalue weighted by Crippen LogP contribution is -2.23. The van der Waals surface area contributed by atoms with Gasteiger partial charge in [-0.25, -0.2) is 9.97 Å². The van der Waals surface area contributed by atoms with Gasteiger partial charge in [0, 0.05) is 50.1 Å². The van der Waals surface area contributed by atoms with E-state index in [0.29, 0.717) is 11.8 Å². The lowest BCUT2D eigenvalue weighted by atomic mass is 10.1. The molecule has 1 aliphatic heterocycles. The van der Waals surface area contributed by atoms with E-state index in [9.17, 15) is 0 Å². The van der Waals surface area contributed by atoms with Gasteiger partial charge in [0.1, 0.15) is 0 Å². The summed E-state index contributed by atoms with van der Waals surface area (Å²) in [5.41, 5.74) is 1.11. The van der Waals surface area contributed by atoms with E-state index in [2.05, 4.69) is 34.0 Å². The van der Waals surface area contributed by atoms with Crippen LogP contribution >= 0.6 is 0 Å². The number of hydrogen-bond donors (Lipinski definition) is 2. The SMILES string of the molecule is CC(C)CNCc1cnc(N2CCC(CO)C2)nc1. The van der Waals surface area contributed by atoms with Crippen molar-refractivity contribution in [3.05, 3.63) is 18.0 Å². The molecule has 2 N–H and O–H groups in total. The van der Waals surface area contributed by atoms with E-state index in [0.717, 1.165) is 44.1 Å². The second kappa shape index (κ2) is 6.82. The summed E-state index contributed by atoms with van der Waals surface area (Å²) in [7, 11) is 0. The monoisotopic (exact) mass is 264 g/mol. The quantitative estimate of drug-likeness (QED) is 0.804. The minimum absolute atomic E-state index is 0.258.